The number of hydrogen-bond acceptors (Lipinski definition) is 4. The molecule has 0 bridgehead atoms. The van der Waals surface area contributed by atoms with Gasteiger partial charge in [0.05, 0.1) is 12.9 Å². The molecule has 0 radical (unpaired) electrons. The number of carbonyl (C=O) groups is 2. The predicted octanol–water partition coefficient (Wildman–Crippen LogP) is 2.29. The molecular formula is C19H19N5O2. The number of rotatable bonds is 5. The van der Waals surface area contributed by atoms with E-state index in [1.54, 1.807) is 56.2 Å². The topological polar surface area (TPSA) is 80.1 Å². The van der Waals surface area contributed by atoms with E-state index < -0.39 is 0 Å². The summed E-state index contributed by atoms with van der Waals surface area (Å²) in [5.41, 5.74) is 2.34. The van der Waals surface area contributed by atoms with Crippen LogP contribution in [0.3, 0.4) is 0 Å². The zero-order valence-corrected chi connectivity index (χ0v) is 14.6. The van der Waals surface area contributed by atoms with Gasteiger partial charge < -0.3 is 14.8 Å². The molecule has 2 amide bonds. The Morgan fingerprint density at radius 1 is 1.23 bits per heavy atom. The molecule has 0 atom stereocenters. The molecule has 1 aromatic carbocycles. The molecule has 3 aromatic rings. The number of nitrogens with zero attached hydrogens (tertiary/aromatic N) is 4. The minimum absolute atomic E-state index is 0.0658. The third kappa shape index (κ3) is 4.13. The van der Waals surface area contributed by atoms with Gasteiger partial charge in [-0.05, 0) is 36.8 Å². The van der Waals surface area contributed by atoms with Crippen molar-refractivity contribution >= 4 is 17.6 Å². The summed E-state index contributed by atoms with van der Waals surface area (Å²) in [5.74, 6) is -0.0782. The van der Waals surface area contributed by atoms with Crippen molar-refractivity contribution in [2.24, 2.45) is 0 Å². The van der Waals surface area contributed by atoms with E-state index in [0.29, 0.717) is 11.4 Å². The van der Waals surface area contributed by atoms with Gasteiger partial charge in [-0.3, -0.25) is 9.59 Å². The molecule has 0 unspecified atom stereocenters. The number of amides is 2. The van der Waals surface area contributed by atoms with Crippen LogP contribution in [-0.2, 0) is 4.79 Å². The lowest BCUT2D eigenvalue weighted by Gasteiger charge is -2.17. The zero-order chi connectivity index (χ0) is 18.5. The highest BCUT2D eigenvalue weighted by atomic mass is 16.2. The molecule has 0 aliphatic heterocycles. The second-order valence-corrected chi connectivity index (χ2v) is 5.95. The lowest BCUT2D eigenvalue weighted by atomic mass is 10.1. The van der Waals surface area contributed by atoms with Crippen LogP contribution in [0.15, 0.2) is 61.3 Å². The first-order valence-electron chi connectivity index (χ1n) is 8.09. The average molecular weight is 349 g/mol. The SMILES string of the molecule is Cc1ccc(NC(=O)CN(C)C(=O)c2cccc(-n3ccnc3)c2)nc1. The van der Waals surface area contributed by atoms with Gasteiger partial charge in [-0.25, -0.2) is 9.97 Å². The molecule has 1 N–H and O–H groups in total. The second-order valence-electron chi connectivity index (χ2n) is 5.95. The number of benzene rings is 1. The summed E-state index contributed by atoms with van der Waals surface area (Å²) in [5, 5.41) is 2.68. The van der Waals surface area contributed by atoms with Crippen LogP contribution < -0.4 is 5.32 Å². The number of anilines is 1. The first kappa shape index (κ1) is 17.3. The lowest BCUT2D eigenvalue weighted by Crippen LogP contribution is -2.35. The minimum Gasteiger partial charge on any atom is -0.332 e. The van der Waals surface area contributed by atoms with Crippen LogP contribution in [0.25, 0.3) is 5.69 Å². The zero-order valence-electron chi connectivity index (χ0n) is 14.6. The Hall–Kier alpha value is -3.48. The van der Waals surface area contributed by atoms with Crippen LogP contribution in [0.1, 0.15) is 15.9 Å². The fourth-order valence-electron chi connectivity index (χ4n) is 2.44. The minimum atomic E-state index is -0.303. The van der Waals surface area contributed by atoms with Crippen LogP contribution in [-0.4, -0.2) is 44.8 Å². The van der Waals surface area contributed by atoms with E-state index in [2.05, 4.69) is 15.3 Å². The number of aryl methyl sites for hydroxylation is 1. The van der Waals surface area contributed by atoms with Gasteiger partial charge >= 0.3 is 0 Å². The largest absolute Gasteiger partial charge is 0.332 e. The molecule has 0 fully saturated rings. The van der Waals surface area contributed by atoms with Gasteiger partial charge in [0.1, 0.15) is 5.82 Å². The van der Waals surface area contributed by atoms with Gasteiger partial charge in [0.15, 0.2) is 0 Å². The third-order valence-electron chi connectivity index (χ3n) is 3.80. The summed E-state index contributed by atoms with van der Waals surface area (Å²) in [6.45, 7) is 1.85. The number of likely N-dealkylation sites (N-methyl/N-ethyl adjacent to an activating group) is 1. The van der Waals surface area contributed by atoms with Gasteiger partial charge in [0, 0.05) is 36.9 Å². The summed E-state index contributed by atoms with van der Waals surface area (Å²) < 4.78 is 1.81. The van der Waals surface area contributed by atoms with Gasteiger partial charge in [-0.15, -0.1) is 0 Å². The van der Waals surface area contributed by atoms with E-state index >= 15 is 0 Å². The van der Waals surface area contributed by atoms with E-state index in [1.807, 2.05) is 23.6 Å². The number of nitrogens with one attached hydrogen (secondary N) is 1. The normalized spacial score (nSPS) is 10.4. The van der Waals surface area contributed by atoms with Crippen LogP contribution in [0.5, 0.6) is 0 Å². The van der Waals surface area contributed by atoms with E-state index in [-0.39, 0.29) is 18.4 Å². The fourth-order valence-corrected chi connectivity index (χ4v) is 2.44. The van der Waals surface area contributed by atoms with Crippen molar-refractivity contribution in [2.75, 3.05) is 18.9 Å². The smallest absolute Gasteiger partial charge is 0.254 e. The molecule has 7 heteroatoms. The maximum Gasteiger partial charge on any atom is 0.254 e. The molecule has 26 heavy (non-hydrogen) atoms. The van der Waals surface area contributed by atoms with E-state index in [9.17, 15) is 9.59 Å². The molecule has 2 aromatic heterocycles. The molecule has 3 rings (SSSR count). The second kappa shape index (κ2) is 7.60. The fraction of sp³-hybridized carbons (Fsp3) is 0.158. The maximum absolute atomic E-state index is 12.6. The number of imidazole rings is 1. The Morgan fingerprint density at radius 3 is 2.77 bits per heavy atom. The van der Waals surface area contributed by atoms with Crippen molar-refractivity contribution in [1.82, 2.24) is 19.4 Å². The highest BCUT2D eigenvalue weighted by Crippen LogP contribution is 2.12. The Balaban J connectivity index is 1.65. The van der Waals surface area contributed by atoms with Crippen molar-refractivity contribution in [1.29, 1.82) is 0 Å². The quantitative estimate of drug-likeness (QED) is 0.766. The molecule has 7 nitrogen and oxygen atoms in total. The third-order valence-corrected chi connectivity index (χ3v) is 3.80. The van der Waals surface area contributed by atoms with Crippen LogP contribution in [0.4, 0.5) is 5.82 Å². The molecule has 0 saturated heterocycles. The molecule has 0 saturated carbocycles. The van der Waals surface area contributed by atoms with E-state index in [1.165, 1.54) is 4.90 Å². The van der Waals surface area contributed by atoms with Crippen molar-refractivity contribution in [3.63, 3.8) is 0 Å². The van der Waals surface area contributed by atoms with Crippen molar-refractivity contribution in [2.45, 2.75) is 6.92 Å². The maximum atomic E-state index is 12.6. The monoisotopic (exact) mass is 349 g/mol. The molecule has 0 spiro atoms. The highest BCUT2D eigenvalue weighted by molar-refractivity contribution is 5.99. The Labute approximate surface area is 151 Å². The first-order chi connectivity index (χ1) is 12.5. The Morgan fingerprint density at radius 2 is 2.08 bits per heavy atom. The molecule has 0 aliphatic rings. The number of hydrogen-bond donors (Lipinski definition) is 1. The number of aromatic nitrogens is 3. The number of pyridine rings is 1. The Kier molecular flexibility index (Phi) is 5.07. The summed E-state index contributed by atoms with van der Waals surface area (Å²) in [4.78, 5) is 34.2. The summed E-state index contributed by atoms with van der Waals surface area (Å²) in [7, 11) is 1.59. The summed E-state index contributed by atoms with van der Waals surface area (Å²) >= 11 is 0. The van der Waals surface area contributed by atoms with Crippen molar-refractivity contribution in [3.8, 4) is 5.69 Å². The van der Waals surface area contributed by atoms with Crippen molar-refractivity contribution in [3.05, 3.63) is 72.4 Å². The highest BCUT2D eigenvalue weighted by Gasteiger charge is 2.16. The Bertz CT molecular complexity index is 904. The van der Waals surface area contributed by atoms with E-state index in [0.717, 1.165) is 11.3 Å². The van der Waals surface area contributed by atoms with Gasteiger partial charge in [-0.2, -0.15) is 0 Å². The van der Waals surface area contributed by atoms with Gasteiger partial charge in [0.2, 0.25) is 5.91 Å². The summed E-state index contributed by atoms with van der Waals surface area (Å²) in [6.07, 6.45) is 6.81. The average Bonchev–Trinajstić information content (AvgIpc) is 3.18. The van der Waals surface area contributed by atoms with E-state index in [4.69, 9.17) is 0 Å². The van der Waals surface area contributed by atoms with Gasteiger partial charge in [0.25, 0.3) is 5.91 Å². The van der Waals surface area contributed by atoms with Crippen LogP contribution in [0, 0.1) is 6.92 Å². The van der Waals surface area contributed by atoms with Gasteiger partial charge in [-0.1, -0.05) is 12.1 Å². The molecule has 0 aliphatic carbocycles. The van der Waals surface area contributed by atoms with Crippen LogP contribution in [0.2, 0.25) is 0 Å². The molecular weight excluding hydrogens is 330 g/mol. The first-order valence-corrected chi connectivity index (χ1v) is 8.09. The lowest BCUT2D eigenvalue weighted by molar-refractivity contribution is -0.116. The standard InChI is InChI=1S/C19H19N5O2/c1-14-6-7-17(21-11-14)22-18(25)12-23(2)19(26)15-4-3-5-16(10-15)24-9-8-20-13-24/h3-11,13H,12H2,1-2H3,(H,21,22,25). The molecule has 2 heterocycles. The van der Waals surface area contributed by atoms with Crippen LogP contribution >= 0.6 is 0 Å². The summed E-state index contributed by atoms with van der Waals surface area (Å²) in [6, 6.07) is 10.8. The molecule has 132 valence electrons. The predicted molar refractivity (Wildman–Crippen MR) is 98.1 cm³/mol. The number of carbonyl (C=O) groups excluding carboxylic acids is 2. The van der Waals surface area contributed by atoms with Crippen molar-refractivity contribution < 1.29 is 9.59 Å².